The van der Waals surface area contributed by atoms with Gasteiger partial charge < -0.3 is 42.0 Å². The second-order valence-electron chi connectivity index (χ2n) is 10.1. The maximum Gasteiger partial charge on any atom is 0.352 e. The highest BCUT2D eigenvalue weighted by molar-refractivity contribution is 9.09. The molecule has 21 heteroatoms. The van der Waals surface area contributed by atoms with Crippen molar-refractivity contribution in [3.05, 3.63) is 81.4 Å². The van der Waals surface area contributed by atoms with Crippen LogP contribution in [0.2, 0.25) is 0 Å². The molecule has 2 saturated heterocycles. The minimum absolute atomic E-state index is 0. The summed E-state index contributed by atoms with van der Waals surface area (Å²) in [4.78, 5) is 42.4. The third-order valence-electron chi connectivity index (χ3n) is 7.13. The molecular formula is C26H29Br2F4N7O8. The Morgan fingerprint density at radius 1 is 0.915 bits per heavy atom. The number of aromatic nitrogens is 4. The number of aliphatic hydroxyl groups is 2. The average molecular weight is 803 g/mol. The molecule has 4 heterocycles. The van der Waals surface area contributed by atoms with Gasteiger partial charge in [0, 0.05) is 12.4 Å². The first-order valence-corrected chi connectivity index (χ1v) is 14.7. The fourth-order valence-corrected chi connectivity index (χ4v) is 6.11. The number of carbonyl (C=O) groups excluding carboxylic acids is 1. The lowest BCUT2D eigenvalue weighted by Crippen LogP contribution is -2.51. The van der Waals surface area contributed by atoms with Gasteiger partial charge in [-0.15, -0.1) is 0 Å². The zero-order chi connectivity index (χ0) is 34.2. The molecule has 0 amide bonds. The molecule has 47 heavy (non-hydrogen) atoms. The molecule has 2 aliphatic rings. The van der Waals surface area contributed by atoms with E-state index in [2.05, 4.69) is 41.8 Å². The predicted molar refractivity (Wildman–Crippen MR) is 163 cm³/mol. The summed E-state index contributed by atoms with van der Waals surface area (Å²) in [7, 11) is 0. The standard InChI is InChI=1S/C17H16BrF2N3O4.C9H10BrF2N3O4.H3N/c1-10-12(9-26-14(24)11-5-3-2-4-6-11)27-17(18,16(10,19)20)23-8-7-13(21)22-15(23)25;10-9(15-2-1-5(13)14-7(15)18)8(11,12)6(17)4(3-16)19-9;/h2-8,10,12H,9H2,1H3,(H2,21,22,25);1-2,4,6,16-17H,3H2,(H2,13,14,18);1H3/t10?,12-,17+;4-,6?,9+;/m11./s1. The number of nitrogens with zero attached hydrogens (tertiary/aromatic N) is 4. The van der Waals surface area contributed by atoms with Crippen molar-refractivity contribution in [2.75, 3.05) is 24.7 Å². The van der Waals surface area contributed by atoms with Gasteiger partial charge in [-0.1, -0.05) is 25.1 Å². The molecular weight excluding hydrogens is 774 g/mol. The number of ether oxygens (including phenoxy) is 3. The van der Waals surface area contributed by atoms with Crippen molar-refractivity contribution in [1.82, 2.24) is 25.3 Å². The summed E-state index contributed by atoms with van der Waals surface area (Å²) in [5.41, 5.74) is 8.87. The van der Waals surface area contributed by atoms with E-state index >= 15 is 0 Å². The van der Waals surface area contributed by atoms with Gasteiger partial charge in [0.25, 0.3) is 9.27 Å². The Kier molecular flexibility index (Phi) is 11.3. The van der Waals surface area contributed by atoms with Crippen LogP contribution in [0.3, 0.4) is 0 Å². The molecule has 6 atom stereocenters. The van der Waals surface area contributed by atoms with E-state index in [1.165, 1.54) is 13.0 Å². The van der Waals surface area contributed by atoms with Gasteiger partial charge in [-0.2, -0.15) is 27.5 Å². The lowest BCUT2D eigenvalue weighted by atomic mass is 10.00. The molecule has 9 N–H and O–H groups in total. The van der Waals surface area contributed by atoms with Crippen LogP contribution in [0, 0.1) is 5.92 Å². The molecule has 0 bridgehead atoms. The van der Waals surface area contributed by atoms with Crippen LogP contribution in [0.4, 0.5) is 29.2 Å². The summed E-state index contributed by atoms with van der Waals surface area (Å²) in [5, 5.41) is 18.3. The van der Waals surface area contributed by atoms with Crippen LogP contribution in [-0.4, -0.2) is 78.7 Å². The lowest BCUT2D eigenvalue weighted by molar-refractivity contribution is -0.159. The number of rotatable bonds is 6. The maximum atomic E-state index is 14.9. The van der Waals surface area contributed by atoms with Crippen molar-refractivity contribution in [3.63, 3.8) is 0 Å². The third-order valence-corrected chi connectivity index (χ3v) is 9.32. The molecule has 258 valence electrons. The molecule has 2 aromatic heterocycles. The van der Waals surface area contributed by atoms with Crippen LogP contribution >= 0.6 is 31.9 Å². The number of alkyl halides is 6. The normalized spacial score (nSPS) is 28.9. The van der Waals surface area contributed by atoms with Crippen molar-refractivity contribution in [2.45, 2.75) is 46.3 Å². The fourth-order valence-electron chi connectivity index (χ4n) is 4.49. The first-order valence-electron chi connectivity index (χ1n) is 13.1. The summed E-state index contributed by atoms with van der Waals surface area (Å²) >= 11 is 5.46. The van der Waals surface area contributed by atoms with Crippen molar-refractivity contribution in [2.24, 2.45) is 5.92 Å². The van der Waals surface area contributed by atoms with Crippen LogP contribution in [0.25, 0.3) is 0 Å². The summed E-state index contributed by atoms with van der Waals surface area (Å²) in [5.74, 6) is -9.62. The first kappa shape index (κ1) is 38.0. The van der Waals surface area contributed by atoms with Gasteiger partial charge in [-0.05, 0) is 56.1 Å². The highest BCUT2D eigenvalue weighted by Gasteiger charge is 2.69. The van der Waals surface area contributed by atoms with Crippen LogP contribution in [0.1, 0.15) is 17.3 Å². The molecule has 3 aromatic rings. The number of carbonyl (C=O) groups is 1. The smallest absolute Gasteiger partial charge is 0.352 e. The summed E-state index contributed by atoms with van der Waals surface area (Å²) in [6.07, 6.45) is -2.95. The van der Waals surface area contributed by atoms with E-state index in [0.717, 1.165) is 18.5 Å². The van der Waals surface area contributed by atoms with Crippen LogP contribution in [0.5, 0.6) is 0 Å². The number of hydrogen-bond donors (Lipinski definition) is 5. The fraction of sp³-hybridized carbons (Fsp3) is 0.423. The Hall–Kier alpha value is -3.47. The predicted octanol–water partition coefficient (Wildman–Crippen LogP) is 1.74. The second kappa shape index (κ2) is 13.9. The molecule has 0 saturated carbocycles. The number of halogens is 6. The minimum atomic E-state index is -3.86. The lowest BCUT2D eigenvalue weighted by Gasteiger charge is -2.30. The van der Waals surface area contributed by atoms with Gasteiger partial charge in [-0.25, -0.2) is 14.4 Å². The topological polar surface area (TPSA) is 242 Å². The molecule has 0 aliphatic carbocycles. The number of benzene rings is 1. The zero-order valence-electron chi connectivity index (χ0n) is 24.2. The first-order chi connectivity index (χ1) is 21.4. The Bertz CT molecular complexity index is 1710. The molecule has 0 spiro atoms. The average Bonchev–Trinajstić information content (AvgIpc) is 3.29. The van der Waals surface area contributed by atoms with Crippen LogP contribution in [-0.2, 0) is 23.5 Å². The van der Waals surface area contributed by atoms with E-state index in [-0.39, 0.29) is 17.8 Å². The highest BCUT2D eigenvalue weighted by Crippen LogP contribution is 2.54. The third kappa shape index (κ3) is 6.78. The van der Waals surface area contributed by atoms with Gasteiger partial charge in [0.1, 0.15) is 30.5 Å². The Morgan fingerprint density at radius 2 is 1.38 bits per heavy atom. The van der Waals surface area contributed by atoms with Crippen molar-refractivity contribution >= 4 is 49.5 Å². The minimum Gasteiger partial charge on any atom is -0.459 e. The van der Waals surface area contributed by atoms with Gasteiger partial charge in [-0.3, -0.25) is 9.13 Å². The molecule has 1 aromatic carbocycles. The van der Waals surface area contributed by atoms with Crippen molar-refractivity contribution in [3.8, 4) is 0 Å². The number of anilines is 2. The monoisotopic (exact) mass is 801 g/mol. The maximum absolute atomic E-state index is 14.9. The quantitative estimate of drug-likeness (QED) is 0.136. The summed E-state index contributed by atoms with van der Waals surface area (Å²) < 4.78 is 69.3. The van der Waals surface area contributed by atoms with Gasteiger partial charge in [0.15, 0.2) is 6.10 Å². The molecule has 15 nitrogen and oxygen atoms in total. The van der Waals surface area contributed by atoms with Crippen LogP contribution < -0.4 is 29.0 Å². The number of nitrogens with two attached hydrogens (primary N) is 2. The largest absolute Gasteiger partial charge is 0.459 e. The Balaban J connectivity index is 0.000000265. The van der Waals surface area contributed by atoms with E-state index < -0.39 is 75.9 Å². The zero-order valence-corrected chi connectivity index (χ0v) is 27.4. The number of nitrogen functional groups attached to an aromatic ring is 2. The number of hydrogen-bond acceptors (Lipinski definition) is 13. The molecule has 2 unspecified atom stereocenters. The summed E-state index contributed by atoms with van der Waals surface area (Å²) in [6, 6.07) is 10.5. The Labute approximate surface area is 279 Å². The molecule has 0 radical (unpaired) electrons. The Morgan fingerprint density at radius 3 is 1.83 bits per heavy atom. The molecule has 5 rings (SSSR count). The summed E-state index contributed by atoms with van der Waals surface area (Å²) in [6.45, 7) is 0.00996. The van der Waals surface area contributed by atoms with E-state index in [1.54, 1.807) is 30.3 Å². The molecule has 2 fully saturated rings. The van der Waals surface area contributed by atoms with Crippen LogP contribution in [0.15, 0.2) is 64.4 Å². The highest BCUT2D eigenvalue weighted by atomic mass is 79.9. The van der Waals surface area contributed by atoms with E-state index in [0.29, 0.717) is 14.7 Å². The van der Waals surface area contributed by atoms with Crippen molar-refractivity contribution < 1.29 is 46.8 Å². The second-order valence-corrected chi connectivity index (χ2v) is 12.2. The SMILES string of the molecule is CC1[C@@H](COC(=O)c2ccccc2)O[C@@](Br)(n2ccc(N)nc2=O)C1(F)F.N.Nc1ccn([C@]2(Br)O[C@H](CO)C(O)C2(F)F)c(=O)n1. The number of esters is 1. The van der Waals surface area contributed by atoms with E-state index in [1.807, 2.05) is 0 Å². The van der Waals surface area contributed by atoms with Gasteiger partial charge in [0.2, 0.25) is 0 Å². The van der Waals surface area contributed by atoms with Gasteiger partial charge in [0.05, 0.1) is 18.1 Å². The van der Waals surface area contributed by atoms with E-state index in [4.69, 9.17) is 30.8 Å². The van der Waals surface area contributed by atoms with Gasteiger partial charge >= 0.3 is 29.2 Å². The van der Waals surface area contributed by atoms with Crippen molar-refractivity contribution in [1.29, 1.82) is 0 Å². The molecule has 2 aliphatic heterocycles. The number of aliphatic hydroxyl groups excluding tert-OH is 2. The van der Waals surface area contributed by atoms with E-state index in [9.17, 15) is 37.1 Å².